The van der Waals surface area contributed by atoms with Crippen LogP contribution in [0.3, 0.4) is 0 Å². The molecule has 0 aromatic heterocycles. The lowest BCUT2D eigenvalue weighted by Crippen LogP contribution is -2.33. The van der Waals surface area contributed by atoms with Gasteiger partial charge in [0.05, 0.1) is 0 Å². The number of hydrogen-bond donors (Lipinski definition) is 0. The molecule has 58 valence electrons. The first-order valence-corrected chi connectivity index (χ1v) is 4.00. The molecule has 0 spiro atoms. The molecule has 10 heavy (non-hydrogen) atoms. The molecule has 0 aromatic rings. The van der Waals surface area contributed by atoms with E-state index < -0.39 is 0 Å². The Morgan fingerprint density at radius 2 is 2.10 bits per heavy atom. The van der Waals surface area contributed by atoms with E-state index in [9.17, 15) is 0 Å². The van der Waals surface area contributed by atoms with Crippen LogP contribution in [0.25, 0.3) is 0 Å². The smallest absolute Gasteiger partial charge is 0.0281 e. The van der Waals surface area contributed by atoms with E-state index in [0.29, 0.717) is 6.04 Å². The molecule has 1 heteroatoms. The SMILES string of the molecule is CC1=CN(C)C(C)C(C)C1. The molecule has 2 atom stereocenters. The fourth-order valence-corrected chi connectivity index (χ4v) is 1.60. The first-order valence-electron chi connectivity index (χ1n) is 4.00. The van der Waals surface area contributed by atoms with Crippen molar-refractivity contribution in [3.63, 3.8) is 0 Å². The van der Waals surface area contributed by atoms with Crippen molar-refractivity contribution in [1.82, 2.24) is 4.90 Å². The number of hydrogen-bond acceptors (Lipinski definition) is 1. The lowest BCUT2D eigenvalue weighted by atomic mass is 9.92. The minimum atomic E-state index is 0.712. The lowest BCUT2D eigenvalue weighted by molar-refractivity contribution is 0.242. The van der Waals surface area contributed by atoms with Gasteiger partial charge in [0, 0.05) is 13.1 Å². The monoisotopic (exact) mass is 139 g/mol. The minimum absolute atomic E-state index is 0.712. The van der Waals surface area contributed by atoms with Crippen LogP contribution in [0.15, 0.2) is 11.8 Å². The fourth-order valence-electron chi connectivity index (χ4n) is 1.60. The van der Waals surface area contributed by atoms with Crippen molar-refractivity contribution in [3.8, 4) is 0 Å². The molecule has 1 aliphatic heterocycles. The summed E-state index contributed by atoms with van der Waals surface area (Å²) in [5.41, 5.74) is 1.51. The summed E-state index contributed by atoms with van der Waals surface area (Å²) in [6.07, 6.45) is 3.52. The zero-order chi connectivity index (χ0) is 7.72. The Bertz CT molecular complexity index is 149. The third kappa shape index (κ3) is 1.34. The normalized spacial score (nSPS) is 34.0. The van der Waals surface area contributed by atoms with Gasteiger partial charge in [-0.25, -0.2) is 0 Å². The maximum atomic E-state index is 2.32. The highest BCUT2D eigenvalue weighted by atomic mass is 15.1. The van der Waals surface area contributed by atoms with E-state index in [1.54, 1.807) is 0 Å². The largest absolute Gasteiger partial charge is 0.377 e. The van der Waals surface area contributed by atoms with E-state index in [0.717, 1.165) is 5.92 Å². The van der Waals surface area contributed by atoms with Gasteiger partial charge in [-0.2, -0.15) is 0 Å². The van der Waals surface area contributed by atoms with Crippen LogP contribution in [0.4, 0.5) is 0 Å². The Morgan fingerprint density at radius 3 is 2.60 bits per heavy atom. The van der Waals surface area contributed by atoms with Crippen molar-refractivity contribution in [2.75, 3.05) is 7.05 Å². The van der Waals surface area contributed by atoms with E-state index in [2.05, 4.69) is 38.9 Å². The van der Waals surface area contributed by atoms with Crippen LogP contribution in [-0.4, -0.2) is 18.0 Å². The summed E-state index contributed by atoms with van der Waals surface area (Å²) in [6.45, 7) is 6.81. The van der Waals surface area contributed by atoms with Crippen LogP contribution in [0, 0.1) is 5.92 Å². The summed E-state index contributed by atoms with van der Waals surface area (Å²) < 4.78 is 0. The molecule has 0 amide bonds. The highest BCUT2D eigenvalue weighted by Gasteiger charge is 2.19. The van der Waals surface area contributed by atoms with Crippen molar-refractivity contribution < 1.29 is 0 Å². The van der Waals surface area contributed by atoms with Gasteiger partial charge in [-0.05, 0) is 32.4 Å². The molecule has 1 aliphatic rings. The van der Waals surface area contributed by atoms with Gasteiger partial charge in [-0.1, -0.05) is 12.5 Å². The van der Waals surface area contributed by atoms with E-state index in [4.69, 9.17) is 0 Å². The average molecular weight is 139 g/mol. The molecule has 1 rings (SSSR count). The van der Waals surface area contributed by atoms with Crippen molar-refractivity contribution in [1.29, 1.82) is 0 Å². The molecule has 0 fully saturated rings. The summed E-state index contributed by atoms with van der Waals surface area (Å²) in [5, 5.41) is 0. The van der Waals surface area contributed by atoms with Gasteiger partial charge in [-0.3, -0.25) is 0 Å². The quantitative estimate of drug-likeness (QED) is 0.497. The van der Waals surface area contributed by atoms with Gasteiger partial charge in [0.25, 0.3) is 0 Å². The maximum absolute atomic E-state index is 2.32. The highest BCUT2D eigenvalue weighted by molar-refractivity contribution is 5.04. The van der Waals surface area contributed by atoms with Crippen LogP contribution >= 0.6 is 0 Å². The zero-order valence-electron chi connectivity index (χ0n) is 7.39. The van der Waals surface area contributed by atoms with Crippen LogP contribution < -0.4 is 0 Å². The molecule has 0 saturated carbocycles. The molecule has 2 unspecified atom stereocenters. The van der Waals surface area contributed by atoms with Crippen molar-refractivity contribution >= 4 is 0 Å². The molecule has 0 radical (unpaired) electrons. The molecule has 0 aliphatic carbocycles. The van der Waals surface area contributed by atoms with Gasteiger partial charge in [0.15, 0.2) is 0 Å². The lowest BCUT2D eigenvalue weighted by Gasteiger charge is -2.34. The molecule has 1 heterocycles. The van der Waals surface area contributed by atoms with E-state index in [1.807, 2.05) is 0 Å². The second kappa shape index (κ2) is 2.65. The molecular weight excluding hydrogens is 122 g/mol. The zero-order valence-corrected chi connectivity index (χ0v) is 7.39. The first kappa shape index (κ1) is 7.64. The summed E-state index contributed by atoms with van der Waals surface area (Å²) in [4.78, 5) is 2.31. The Balaban J connectivity index is 2.69. The van der Waals surface area contributed by atoms with Crippen LogP contribution in [-0.2, 0) is 0 Å². The second-order valence-corrected chi connectivity index (χ2v) is 3.56. The van der Waals surface area contributed by atoms with Crippen molar-refractivity contribution in [2.24, 2.45) is 5.92 Å². The Hall–Kier alpha value is -0.460. The third-order valence-corrected chi connectivity index (χ3v) is 2.53. The average Bonchev–Trinajstić information content (AvgIpc) is 1.82. The second-order valence-electron chi connectivity index (χ2n) is 3.56. The van der Waals surface area contributed by atoms with Gasteiger partial charge < -0.3 is 4.90 Å². The Kier molecular flexibility index (Phi) is 2.02. The number of allylic oxidation sites excluding steroid dienone is 1. The van der Waals surface area contributed by atoms with Gasteiger partial charge in [-0.15, -0.1) is 0 Å². The summed E-state index contributed by atoms with van der Waals surface area (Å²) in [7, 11) is 2.16. The molecule has 0 bridgehead atoms. The summed E-state index contributed by atoms with van der Waals surface area (Å²) in [5.74, 6) is 0.815. The van der Waals surface area contributed by atoms with Gasteiger partial charge in [0.1, 0.15) is 0 Å². The molecular formula is C9H17N. The predicted molar refractivity (Wildman–Crippen MR) is 44.8 cm³/mol. The molecule has 0 aromatic carbocycles. The third-order valence-electron chi connectivity index (χ3n) is 2.53. The number of nitrogens with zero attached hydrogens (tertiary/aromatic N) is 1. The minimum Gasteiger partial charge on any atom is -0.377 e. The Morgan fingerprint density at radius 1 is 1.50 bits per heavy atom. The topological polar surface area (TPSA) is 3.24 Å². The number of rotatable bonds is 0. The standard InChI is InChI=1S/C9H17N/c1-7-5-8(2)9(3)10(4)6-7/h6,8-9H,5H2,1-4H3. The fraction of sp³-hybridized carbons (Fsp3) is 0.778. The van der Waals surface area contributed by atoms with Gasteiger partial charge >= 0.3 is 0 Å². The maximum Gasteiger partial charge on any atom is 0.0281 e. The summed E-state index contributed by atoms with van der Waals surface area (Å²) in [6, 6.07) is 0.712. The Labute approximate surface area is 63.7 Å². The van der Waals surface area contributed by atoms with Crippen molar-refractivity contribution in [2.45, 2.75) is 33.2 Å². The van der Waals surface area contributed by atoms with E-state index in [-0.39, 0.29) is 0 Å². The van der Waals surface area contributed by atoms with Gasteiger partial charge in [0.2, 0.25) is 0 Å². The van der Waals surface area contributed by atoms with E-state index >= 15 is 0 Å². The molecule has 0 N–H and O–H groups in total. The van der Waals surface area contributed by atoms with Crippen LogP contribution in [0.2, 0.25) is 0 Å². The highest BCUT2D eigenvalue weighted by Crippen LogP contribution is 2.23. The van der Waals surface area contributed by atoms with Crippen molar-refractivity contribution in [3.05, 3.63) is 11.8 Å². The van der Waals surface area contributed by atoms with E-state index in [1.165, 1.54) is 12.0 Å². The van der Waals surface area contributed by atoms with Crippen LogP contribution in [0.5, 0.6) is 0 Å². The van der Waals surface area contributed by atoms with Crippen LogP contribution in [0.1, 0.15) is 27.2 Å². The molecule has 0 saturated heterocycles. The first-order chi connectivity index (χ1) is 4.61. The predicted octanol–water partition coefficient (Wildman–Crippen LogP) is 2.25. The summed E-state index contributed by atoms with van der Waals surface area (Å²) >= 11 is 0. The molecule has 1 nitrogen and oxygen atoms in total.